The molecule has 0 unspecified atom stereocenters. The van der Waals surface area contributed by atoms with Gasteiger partial charge in [-0.2, -0.15) is 4.37 Å². The lowest BCUT2D eigenvalue weighted by Gasteiger charge is -2.35. The average Bonchev–Trinajstić information content (AvgIpc) is 3.18. The number of nitrogens with zero attached hydrogens (tertiary/aromatic N) is 3. The first-order valence-corrected chi connectivity index (χ1v) is 9.10. The number of likely N-dealkylation sites (tertiary alicyclic amines) is 1. The molecule has 9 heteroatoms. The molecule has 2 atom stereocenters. The van der Waals surface area contributed by atoms with Crippen LogP contribution in [0.15, 0.2) is 0 Å². The quantitative estimate of drug-likeness (QED) is 0.801. The van der Waals surface area contributed by atoms with Crippen LogP contribution in [0, 0.1) is 11.3 Å². The van der Waals surface area contributed by atoms with Crippen molar-refractivity contribution in [3.8, 4) is 0 Å². The third-order valence-electron chi connectivity index (χ3n) is 4.90. The maximum absolute atomic E-state index is 12.6. The number of aromatic nitrogens is 2. The van der Waals surface area contributed by atoms with Gasteiger partial charge in [0.15, 0.2) is 0 Å². The second-order valence-electron chi connectivity index (χ2n) is 7.65. The largest absolute Gasteiger partial charge is 0.469 e. The molecular weight excluding hydrogens is 344 g/mol. The zero-order chi connectivity index (χ0) is 18.2. The van der Waals surface area contributed by atoms with E-state index < -0.39 is 5.41 Å². The van der Waals surface area contributed by atoms with Crippen molar-refractivity contribution >= 4 is 28.7 Å². The van der Waals surface area contributed by atoms with Gasteiger partial charge in [-0.3, -0.25) is 10.1 Å². The zero-order valence-corrected chi connectivity index (χ0v) is 15.8. The number of hydrogen-bond acceptors (Lipinski definition) is 7. The number of hydrogen-bond donors (Lipinski definition) is 1. The maximum Gasteiger partial charge on any atom is 0.323 e. The number of nitrogens with one attached hydrogen (secondary N) is 1. The molecular formula is C16H24N4O4S. The van der Waals surface area contributed by atoms with Crippen molar-refractivity contribution in [1.29, 1.82) is 0 Å². The minimum Gasteiger partial charge on any atom is -0.469 e. The lowest BCUT2D eigenvalue weighted by atomic mass is 9.74. The van der Waals surface area contributed by atoms with E-state index in [1.807, 2.05) is 20.8 Å². The molecule has 0 spiro atoms. The molecule has 138 valence electrons. The van der Waals surface area contributed by atoms with Crippen molar-refractivity contribution in [3.05, 3.63) is 5.82 Å². The van der Waals surface area contributed by atoms with Gasteiger partial charge in [0.05, 0.1) is 19.1 Å². The minimum atomic E-state index is -0.665. The van der Waals surface area contributed by atoms with E-state index >= 15 is 0 Å². The molecule has 1 aromatic heterocycles. The fraction of sp³-hybridized carbons (Fsp3) is 0.750. The summed E-state index contributed by atoms with van der Waals surface area (Å²) in [6.45, 7) is 7.83. The van der Waals surface area contributed by atoms with Crippen LogP contribution in [0.1, 0.15) is 33.0 Å². The van der Waals surface area contributed by atoms with E-state index in [4.69, 9.17) is 9.47 Å². The van der Waals surface area contributed by atoms with Crippen molar-refractivity contribution < 1.29 is 19.1 Å². The average molecular weight is 368 g/mol. The molecule has 2 saturated heterocycles. The molecule has 3 rings (SSSR count). The lowest BCUT2D eigenvalue weighted by molar-refractivity contribution is -0.161. The number of fused-ring (bicyclic) bond motifs is 1. The van der Waals surface area contributed by atoms with E-state index in [1.165, 1.54) is 7.11 Å². The molecule has 3 heterocycles. The Morgan fingerprint density at radius 1 is 1.44 bits per heavy atom. The van der Waals surface area contributed by atoms with Crippen LogP contribution in [0.2, 0.25) is 0 Å². The molecule has 25 heavy (non-hydrogen) atoms. The van der Waals surface area contributed by atoms with Crippen molar-refractivity contribution in [3.63, 3.8) is 0 Å². The minimum absolute atomic E-state index is 0.0426. The van der Waals surface area contributed by atoms with Crippen molar-refractivity contribution in [2.45, 2.75) is 32.6 Å². The molecule has 2 aliphatic rings. The highest BCUT2D eigenvalue weighted by Crippen LogP contribution is 2.43. The fourth-order valence-corrected chi connectivity index (χ4v) is 4.14. The summed E-state index contributed by atoms with van der Waals surface area (Å²) < 4.78 is 14.8. The monoisotopic (exact) mass is 368 g/mol. The van der Waals surface area contributed by atoms with Crippen LogP contribution in [-0.4, -0.2) is 59.7 Å². The molecule has 2 amide bonds. The number of ether oxygens (including phenoxy) is 2. The number of amides is 2. The van der Waals surface area contributed by atoms with Gasteiger partial charge < -0.3 is 14.4 Å². The van der Waals surface area contributed by atoms with E-state index in [9.17, 15) is 9.59 Å². The third-order valence-corrected chi connectivity index (χ3v) is 5.53. The van der Waals surface area contributed by atoms with Crippen LogP contribution >= 0.6 is 11.5 Å². The molecule has 1 N–H and O–H groups in total. The van der Waals surface area contributed by atoms with E-state index in [1.54, 1.807) is 4.90 Å². The van der Waals surface area contributed by atoms with E-state index in [0.717, 1.165) is 11.5 Å². The highest BCUT2D eigenvalue weighted by atomic mass is 32.1. The topological polar surface area (TPSA) is 93.7 Å². The van der Waals surface area contributed by atoms with Crippen LogP contribution in [-0.2, 0) is 19.7 Å². The summed E-state index contributed by atoms with van der Waals surface area (Å²) in [5.74, 6) is 0.392. The van der Waals surface area contributed by atoms with Gasteiger partial charge in [-0.25, -0.2) is 9.78 Å². The molecule has 0 radical (unpaired) electrons. The normalized spacial score (nSPS) is 26.2. The molecule has 8 nitrogen and oxygen atoms in total. The van der Waals surface area contributed by atoms with Gasteiger partial charge >= 0.3 is 12.0 Å². The number of esters is 1. The molecule has 1 aromatic rings. The number of carbonyl (C=O) groups excluding carboxylic acids is 2. The van der Waals surface area contributed by atoms with E-state index in [-0.39, 0.29) is 23.3 Å². The smallest absolute Gasteiger partial charge is 0.323 e. The van der Waals surface area contributed by atoms with Gasteiger partial charge in [0.1, 0.15) is 5.82 Å². The highest BCUT2D eigenvalue weighted by molar-refractivity contribution is 7.09. The highest BCUT2D eigenvalue weighted by Gasteiger charge is 2.55. The number of carbonyl (C=O) groups is 2. The summed E-state index contributed by atoms with van der Waals surface area (Å²) in [6, 6.07) is -0.269. The van der Waals surface area contributed by atoms with Crippen LogP contribution in [0.5, 0.6) is 0 Å². The van der Waals surface area contributed by atoms with Gasteiger partial charge in [-0.05, 0) is 6.42 Å². The number of rotatable bonds is 2. The first-order valence-electron chi connectivity index (χ1n) is 8.32. The second-order valence-corrected chi connectivity index (χ2v) is 8.41. The SMILES string of the molecule is COC(=O)[C@@]12CCOC[C@@H]1CN(C(=O)Nc1nc(C(C)(C)C)ns1)C2. The third kappa shape index (κ3) is 3.35. The Hall–Kier alpha value is -1.74. The Morgan fingerprint density at radius 2 is 2.20 bits per heavy atom. The predicted molar refractivity (Wildman–Crippen MR) is 92.6 cm³/mol. The molecule has 0 aliphatic carbocycles. The summed E-state index contributed by atoms with van der Waals surface area (Å²) in [5.41, 5.74) is -0.837. The molecule has 2 fully saturated rings. The maximum atomic E-state index is 12.6. The molecule has 0 bridgehead atoms. The Balaban J connectivity index is 1.71. The number of anilines is 1. The van der Waals surface area contributed by atoms with Crippen LogP contribution < -0.4 is 5.32 Å². The second kappa shape index (κ2) is 6.53. The van der Waals surface area contributed by atoms with Gasteiger partial charge in [0, 0.05) is 42.6 Å². The van der Waals surface area contributed by atoms with Gasteiger partial charge in [0.2, 0.25) is 5.13 Å². The Labute approximate surface area is 151 Å². The van der Waals surface area contributed by atoms with E-state index in [0.29, 0.717) is 43.7 Å². The summed E-state index contributed by atoms with van der Waals surface area (Å²) in [5, 5.41) is 3.27. The summed E-state index contributed by atoms with van der Waals surface area (Å²) in [7, 11) is 1.39. The Kier molecular flexibility index (Phi) is 4.72. The van der Waals surface area contributed by atoms with Crippen molar-refractivity contribution in [2.24, 2.45) is 11.3 Å². The van der Waals surface area contributed by atoms with Crippen LogP contribution in [0.25, 0.3) is 0 Å². The predicted octanol–water partition coefficient (Wildman–Crippen LogP) is 1.88. The van der Waals surface area contributed by atoms with Crippen LogP contribution in [0.3, 0.4) is 0 Å². The van der Waals surface area contributed by atoms with E-state index in [2.05, 4.69) is 14.7 Å². The number of methoxy groups -OCH3 is 1. The van der Waals surface area contributed by atoms with Gasteiger partial charge in [-0.15, -0.1) is 0 Å². The summed E-state index contributed by atoms with van der Waals surface area (Å²) in [4.78, 5) is 31.0. The Bertz CT molecular complexity index is 671. The first kappa shape index (κ1) is 18.1. The summed E-state index contributed by atoms with van der Waals surface area (Å²) in [6.07, 6.45) is 0.571. The standard InChI is InChI=1S/C16H24N4O4S/c1-15(2,3)11-17-13(25-19-11)18-14(22)20-7-10-8-24-6-5-16(10,9-20)12(21)23-4/h10H,5-9H2,1-4H3,(H,17,18,19,22)/t10-,16+/m0/s1. The molecule has 0 aromatic carbocycles. The van der Waals surface area contributed by atoms with Crippen molar-refractivity contribution in [1.82, 2.24) is 14.3 Å². The molecule has 0 saturated carbocycles. The first-order chi connectivity index (χ1) is 11.8. The van der Waals surface area contributed by atoms with Crippen molar-refractivity contribution in [2.75, 3.05) is 38.7 Å². The zero-order valence-electron chi connectivity index (χ0n) is 15.0. The number of urea groups is 1. The van der Waals surface area contributed by atoms with Crippen LogP contribution in [0.4, 0.5) is 9.93 Å². The molecule has 2 aliphatic heterocycles. The van der Waals surface area contributed by atoms with Gasteiger partial charge in [0.25, 0.3) is 0 Å². The summed E-state index contributed by atoms with van der Waals surface area (Å²) >= 11 is 1.16. The fourth-order valence-electron chi connectivity index (χ4n) is 3.39. The Morgan fingerprint density at radius 3 is 2.84 bits per heavy atom. The lowest BCUT2D eigenvalue weighted by Crippen LogP contribution is -2.46. The van der Waals surface area contributed by atoms with Gasteiger partial charge in [-0.1, -0.05) is 20.8 Å².